The Hall–Kier alpha value is -1.23. The van der Waals surface area contributed by atoms with Gasteiger partial charge in [-0.25, -0.2) is 0 Å². The number of hydrogen-bond acceptors (Lipinski definition) is 3. The van der Waals surface area contributed by atoms with Crippen LogP contribution in [0.15, 0.2) is 47.4 Å². The van der Waals surface area contributed by atoms with E-state index >= 15 is 0 Å². The third kappa shape index (κ3) is 3.21. The van der Waals surface area contributed by atoms with Gasteiger partial charge in [0.15, 0.2) is 5.75 Å². The predicted molar refractivity (Wildman–Crippen MR) is 75.5 cm³/mol. The summed E-state index contributed by atoms with van der Waals surface area (Å²) < 4.78 is 29.1. The van der Waals surface area contributed by atoms with Crippen molar-refractivity contribution in [1.82, 2.24) is 0 Å². The minimum absolute atomic E-state index is 0.00902. The van der Waals surface area contributed by atoms with Gasteiger partial charge in [-0.15, -0.1) is 0 Å². The lowest BCUT2D eigenvalue weighted by molar-refractivity contribution is 0.486. The number of rotatable bonds is 3. The molecule has 0 atom stereocenters. The Balaban J connectivity index is 2.36. The van der Waals surface area contributed by atoms with Crippen LogP contribution in [-0.4, -0.2) is 8.42 Å². The first-order chi connectivity index (χ1) is 8.90. The molecule has 0 N–H and O–H groups in total. The maximum absolute atomic E-state index is 12.1. The standard InChI is InChI=1S/C13H10Cl2O3S/c1-9-5-7-10(8-6-9)19(16,17)18-12-4-2-3-11(14)13(12)15/h2-8H,1H3. The molecule has 0 amide bonds. The van der Waals surface area contributed by atoms with Gasteiger partial charge in [0.2, 0.25) is 0 Å². The maximum Gasteiger partial charge on any atom is 0.339 e. The number of aryl methyl sites for hydroxylation is 1. The summed E-state index contributed by atoms with van der Waals surface area (Å²) in [6, 6.07) is 10.9. The molecule has 19 heavy (non-hydrogen) atoms. The maximum atomic E-state index is 12.1. The molecule has 0 spiro atoms. The van der Waals surface area contributed by atoms with Crippen LogP contribution in [0.4, 0.5) is 0 Å². The Morgan fingerprint density at radius 3 is 2.26 bits per heavy atom. The van der Waals surface area contributed by atoms with Crippen molar-refractivity contribution in [2.75, 3.05) is 0 Å². The fourth-order valence-corrected chi connectivity index (χ4v) is 2.74. The van der Waals surface area contributed by atoms with Crippen molar-refractivity contribution >= 4 is 33.3 Å². The van der Waals surface area contributed by atoms with Crippen molar-refractivity contribution in [1.29, 1.82) is 0 Å². The van der Waals surface area contributed by atoms with E-state index in [-0.39, 0.29) is 20.7 Å². The number of hydrogen-bond donors (Lipinski definition) is 0. The first kappa shape index (κ1) is 14.2. The molecule has 0 fully saturated rings. The van der Waals surface area contributed by atoms with Gasteiger partial charge in [0, 0.05) is 0 Å². The molecule has 0 aliphatic carbocycles. The van der Waals surface area contributed by atoms with Crippen LogP contribution < -0.4 is 4.18 Å². The molecular formula is C13H10Cl2O3S. The van der Waals surface area contributed by atoms with E-state index in [2.05, 4.69) is 0 Å². The minimum Gasteiger partial charge on any atom is -0.377 e. The van der Waals surface area contributed by atoms with E-state index in [0.717, 1.165) is 5.56 Å². The van der Waals surface area contributed by atoms with Gasteiger partial charge >= 0.3 is 10.1 Å². The van der Waals surface area contributed by atoms with Crippen LogP contribution in [0.1, 0.15) is 5.56 Å². The highest BCUT2D eigenvalue weighted by atomic mass is 35.5. The first-order valence-electron chi connectivity index (χ1n) is 5.35. The monoisotopic (exact) mass is 316 g/mol. The van der Waals surface area contributed by atoms with E-state index < -0.39 is 10.1 Å². The fraction of sp³-hybridized carbons (Fsp3) is 0.0769. The normalized spacial score (nSPS) is 11.3. The summed E-state index contributed by atoms with van der Waals surface area (Å²) in [4.78, 5) is 0.0640. The highest BCUT2D eigenvalue weighted by Crippen LogP contribution is 2.33. The van der Waals surface area contributed by atoms with E-state index in [0.29, 0.717) is 0 Å². The van der Waals surface area contributed by atoms with Crippen LogP contribution >= 0.6 is 23.2 Å². The lowest BCUT2D eigenvalue weighted by atomic mass is 10.2. The van der Waals surface area contributed by atoms with Crippen molar-refractivity contribution in [3.8, 4) is 5.75 Å². The van der Waals surface area contributed by atoms with Gasteiger partial charge in [0.25, 0.3) is 0 Å². The number of halogens is 2. The highest BCUT2D eigenvalue weighted by molar-refractivity contribution is 7.87. The SMILES string of the molecule is Cc1ccc(S(=O)(=O)Oc2cccc(Cl)c2Cl)cc1. The molecule has 0 aromatic heterocycles. The highest BCUT2D eigenvalue weighted by Gasteiger charge is 2.18. The number of benzene rings is 2. The van der Waals surface area contributed by atoms with Gasteiger partial charge in [-0.05, 0) is 31.2 Å². The molecule has 0 bridgehead atoms. The van der Waals surface area contributed by atoms with Crippen LogP contribution in [0.5, 0.6) is 5.75 Å². The molecule has 2 rings (SSSR count). The molecule has 0 aliphatic rings. The second-order valence-electron chi connectivity index (χ2n) is 3.90. The molecule has 100 valence electrons. The van der Waals surface area contributed by atoms with E-state index in [1.165, 1.54) is 18.2 Å². The molecular weight excluding hydrogens is 307 g/mol. The first-order valence-corrected chi connectivity index (χ1v) is 7.52. The zero-order chi connectivity index (χ0) is 14.0. The van der Waals surface area contributed by atoms with Crippen LogP contribution in [0.3, 0.4) is 0 Å². The van der Waals surface area contributed by atoms with Crippen molar-refractivity contribution in [2.24, 2.45) is 0 Å². The lowest BCUT2D eigenvalue weighted by Crippen LogP contribution is -2.10. The molecule has 0 heterocycles. The fourth-order valence-electron chi connectivity index (χ4n) is 1.42. The topological polar surface area (TPSA) is 43.4 Å². The van der Waals surface area contributed by atoms with Crippen molar-refractivity contribution in [2.45, 2.75) is 11.8 Å². The third-order valence-electron chi connectivity index (χ3n) is 2.43. The molecule has 0 aliphatic heterocycles. The third-order valence-corrected chi connectivity index (χ3v) is 4.48. The van der Waals surface area contributed by atoms with Crippen molar-refractivity contribution in [3.63, 3.8) is 0 Å². The molecule has 2 aromatic rings. The van der Waals surface area contributed by atoms with Crippen LogP contribution in [0.2, 0.25) is 10.0 Å². The summed E-state index contributed by atoms with van der Waals surface area (Å²) in [5.41, 5.74) is 0.958. The van der Waals surface area contributed by atoms with E-state index in [4.69, 9.17) is 27.4 Å². The zero-order valence-corrected chi connectivity index (χ0v) is 12.3. The molecule has 0 saturated carbocycles. The van der Waals surface area contributed by atoms with E-state index in [9.17, 15) is 8.42 Å². The Kier molecular flexibility index (Phi) is 4.04. The Bertz CT molecular complexity index is 694. The lowest BCUT2D eigenvalue weighted by Gasteiger charge is -2.09. The van der Waals surface area contributed by atoms with Crippen LogP contribution in [-0.2, 0) is 10.1 Å². The van der Waals surface area contributed by atoms with Crippen LogP contribution in [0.25, 0.3) is 0 Å². The summed E-state index contributed by atoms with van der Waals surface area (Å²) in [6.45, 7) is 1.87. The van der Waals surface area contributed by atoms with Gasteiger partial charge < -0.3 is 4.18 Å². The smallest absolute Gasteiger partial charge is 0.339 e. The van der Waals surface area contributed by atoms with Gasteiger partial charge in [0.1, 0.15) is 9.92 Å². The zero-order valence-electron chi connectivity index (χ0n) is 9.93. The summed E-state index contributed by atoms with van der Waals surface area (Å²) in [5.74, 6) is 0.00902. The molecule has 0 saturated heterocycles. The van der Waals surface area contributed by atoms with Gasteiger partial charge in [-0.3, -0.25) is 0 Å². The van der Waals surface area contributed by atoms with Crippen molar-refractivity contribution < 1.29 is 12.6 Å². The molecule has 3 nitrogen and oxygen atoms in total. The minimum atomic E-state index is -3.91. The molecule has 6 heteroatoms. The van der Waals surface area contributed by atoms with E-state index in [1.807, 2.05) is 6.92 Å². The van der Waals surface area contributed by atoms with E-state index in [1.54, 1.807) is 24.3 Å². The average Bonchev–Trinajstić information content (AvgIpc) is 2.35. The predicted octanol–water partition coefficient (Wildman–Crippen LogP) is 4.07. The Morgan fingerprint density at radius 2 is 1.63 bits per heavy atom. The molecule has 2 aromatic carbocycles. The summed E-state index contributed by atoms with van der Waals surface area (Å²) in [5, 5.41) is 0.304. The van der Waals surface area contributed by atoms with Gasteiger partial charge in [-0.1, -0.05) is 47.0 Å². The van der Waals surface area contributed by atoms with Gasteiger partial charge in [0.05, 0.1) is 5.02 Å². The molecule has 0 radical (unpaired) electrons. The quantitative estimate of drug-likeness (QED) is 0.802. The van der Waals surface area contributed by atoms with Gasteiger partial charge in [-0.2, -0.15) is 8.42 Å². The summed E-state index contributed by atoms with van der Waals surface area (Å²) >= 11 is 11.7. The summed E-state index contributed by atoms with van der Waals surface area (Å²) in [7, 11) is -3.91. The molecule has 0 unspecified atom stereocenters. The second-order valence-corrected chi connectivity index (χ2v) is 6.23. The summed E-state index contributed by atoms with van der Waals surface area (Å²) in [6.07, 6.45) is 0. The largest absolute Gasteiger partial charge is 0.377 e. The average molecular weight is 317 g/mol. The Labute approximate surface area is 121 Å². The van der Waals surface area contributed by atoms with Crippen molar-refractivity contribution in [3.05, 3.63) is 58.1 Å². The van der Waals surface area contributed by atoms with Crippen LogP contribution in [0, 0.1) is 6.92 Å². The Morgan fingerprint density at radius 1 is 1.00 bits per heavy atom. The second kappa shape index (κ2) is 5.41.